The molecule has 0 radical (unpaired) electrons. The number of benzene rings is 2. The van der Waals surface area contributed by atoms with Gasteiger partial charge >= 0.3 is 18.4 Å². The second-order valence-corrected chi connectivity index (χ2v) is 11.0. The van der Waals surface area contributed by atoms with Gasteiger partial charge in [0.2, 0.25) is 0 Å². The van der Waals surface area contributed by atoms with E-state index in [-0.39, 0.29) is 37.1 Å². The van der Waals surface area contributed by atoms with Crippen LogP contribution in [0.2, 0.25) is 0 Å². The molecule has 1 aliphatic heterocycles. The van der Waals surface area contributed by atoms with Crippen LogP contribution in [0, 0.1) is 11.6 Å². The molecule has 40 heavy (non-hydrogen) atoms. The van der Waals surface area contributed by atoms with Gasteiger partial charge in [0.25, 0.3) is 0 Å². The summed E-state index contributed by atoms with van der Waals surface area (Å²) in [7, 11) is 0. The normalized spacial score (nSPS) is 20.5. The molecule has 4 nitrogen and oxygen atoms in total. The first-order chi connectivity index (χ1) is 18.4. The summed E-state index contributed by atoms with van der Waals surface area (Å²) < 4.78 is 113. The highest BCUT2D eigenvalue weighted by atomic mass is 19.4. The number of ether oxygens (including phenoxy) is 1. The molecule has 1 heterocycles. The molecule has 0 unspecified atom stereocenters. The molecule has 2 aromatic rings. The summed E-state index contributed by atoms with van der Waals surface area (Å²) in [5.41, 5.74) is -3.39. The molecule has 12 heteroatoms. The Morgan fingerprint density at radius 3 is 1.95 bits per heavy atom. The molecule has 0 saturated carbocycles. The summed E-state index contributed by atoms with van der Waals surface area (Å²) >= 11 is 0. The molecule has 1 saturated heterocycles. The van der Waals surface area contributed by atoms with Gasteiger partial charge in [0.1, 0.15) is 5.60 Å². The first-order valence-electron chi connectivity index (χ1n) is 12.8. The topological polar surface area (TPSA) is 41.6 Å². The molecule has 1 fully saturated rings. The second-order valence-electron chi connectivity index (χ2n) is 11.0. The number of piperidine rings is 1. The van der Waals surface area contributed by atoms with E-state index in [0.717, 1.165) is 12.1 Å². The van der Waals surface area contributed by atoms with Crippen LogP contribution in [0.15, 0.2) is 36.4 Å². The van der Waals surface area contributed by atoms with Crippen LogP contribution in [0.4, 0.5) is 39.9 Å². The average Bonchev–Trinajstić information content (AvgIpc) is 2.82. The maximum absolute atomic E-state index is 13.9. The van der Waals surface area contributed by atoms with Crippen molar-refractivity contribution < 1.29 is 44.7 Å². The predicted octanol–water partition coefficient (Wildman–Crippen LogP) is 7.88. The van der Waals surface area contributed by atoms with E-state index in [9.17, 15) is 39.9 Å². The third-order valence-corrected chi connectivity index (χ3v) is 6.67. The van der Waals surface area contributed by atoms with E-state index >= 15 is 0 Å². The van der Waals surface area contributed by atoms with Gasteiger partial charge in [0.05, 0.1) is 11.1 Å². The fraction of sp³-hybridized carbons (Fsp3) is 0.536. The lowest BCUT2D eigenvalue weighted by atomic mass is 9.87. The maximum Gasteiger partial charge on any atom is 0.416 e. The van der Waals surface area contributed by atoms with Crippen LogP contribution in [0.1, 0.15) is 69.2 Å². The van der Waals surface area contributed by atoms with E-state index in [0.29, 0.717) is 30.5 Å². The van der Waals surface area contributed by atoms with E-state index in [2.05, 4.69) is 5.32 Å². The number of rotatable bonds is 6. The van der Waals surface area contributed by atoms with Crippen molar-refractivity contribution in [3.05, 3.63) is 70.3 Å². The molecule has 0 bridgehead atoms. The number of hydrogen-bond donors (Lipinski definition) is 1. The third kappa shape index (κ3) is 8.31. The molecule has 1 aliphatic rings. The summed E-state index contributed by atoms with van der Waals surface area (Å²) in [6, 6.07) is 3.47. The lowest BCUT2D eigenvalue weighted by Gasteiger charge is -2.45. The Kier molecular flexibility index (Phi) is 9.43. The first kappa shape index (κ1) is 31.6. The quantitative estimate of drug-likeness (QED) is 0.354. The van der Waals surface area contributed by atoms with Crippen LogP contribution >= 0.6 is 0 Å². The van der Waals surface area contributed by atoms with Crippen molar-refractivity contribution >= 4 is 6.09 Å². The van der Waals surface area contributed by atoms with Crippen LogP contribution in [0.5, 0.6) is 0 Å². The van der Waals surface area contributed by atoms with Gasteiger partial charge in [-0.05, 0) is 87.9 Å². The molecule has 0 spiro atoms. The summed E-state index contributed by atoms with van der Waals surface area (Å²) in [5.74, 6) is -2.08. The fourth-order valence-electron chi connectivity index (χ4n) is 4.93. The van der Waals surface area contributed by atoms with Gasteiger partial charge < -0.3 is 15.0 Å². The summed E-state index contributed by atoms with van der Waals surface area (Å²) in [4.78, 5) is 14.7. The summed E-state index contributed by atoms with van der Waals surface area (Å²) in [6.07, 6.45) is -9.30. The standard InChI is InChI=1S/C28H32F8N2O2/c1-5-21-13-20(37-15-17-8-18(27(31,32)33)12-19(9-17)28(34,35)36)14-22(38(21)25(39)40-26(2,3)4)10-16-6-7-23(29)24(30)11-16/h6-9,11-12,20-22,37H,5,10,13-15H2,1-4H3/t20-,21+,22-/m0/s1. The zero-order valence-corrected chi connectivity index (χ0v) is 22.5. The van der Waals surface area contributed by atoms with E-state index in [4.69, 9.17) is 4.74 Å². The van der Waals surface area contributed by atoms with Gasteiger partial charge in [-0.1, -0.05) is 13.0 Å². The highest BCUT2D eigenvalue weighted by Gasteiger charge is 2.40. The molecule has 0 aliphatic carbocycles. The van der Waals surface area contributed by atoms with Crippen molar-refractivity contribution in [1.29, 1.82) is 0 Å². The Balaban J connectivity index is 1.88. The van der Waals surface area contributed by atoms with Crippen molar-refractivity contribution in [3.8, 4) is 0 Å². The van der Waals surface area contributed by atoms with E-state index in [1.807, 2.05) is 6.92 Å². The van der Waals surface area contributed by atoms with Crippen molar-refractivity contribution in [3.63, 3.8) is 0 Å². The fourth-order valence-corrected chi connectivity index (χ4v) is 4.93. The van der Waals surface area contributed by atoms with E-state index in [1.165, 1.54) is 6.07 Å². The highest BCUT2D eigenvalue weighted by molar-refractivity contribution is 5.69. The van der Waals surface area contributed by atoms with Gasteiger partial charge in [-0.25, -0.2) is 13.6 Å². The number of amides is 1. The van der Waals surface area contributed by atoms with Crippen LogP contribution < -0.4 is 5.32 Å². The maximum atomic E-state index is 13.9. The van der Waals surface area contributed by atoms with Gasteiger partial charge in [-0.15, -0.1) is 0 Å². The molecule has 222 valence electrons. The Morgan fingerprint density at radius 1 is 0.875 bits per heavy atom. The predicted molar refractivity (Wildman–Crippen MR) is 132 cm³/mol. The minimum atomic E-state index is -4.96. The van der Waals surface area contributed by atoms with Crippen molar-refractivity contribution in [2.24, 2.45) is 0 Å². The van der Waals surface area contributed by atoms with Gasteiger partial charge in [-0.3, -0.25) is 0 Å². The van der Waals surface area contributed by atoms with Crippen molar-refractivity contribution in [2.75, 3.05) is 0 Å². The molecular weight excluding hydrogens is 548 g/mol. The van der Waals surface area contributed by atoms with Crippen LogP contribution in [-0.4, -0.2) is 34.7 Å². The number of hydrogen-bond acceptors (Lipinski definition) is 3. The Bertz CT molecular complexity index is 1160. The molecule has 3 atom stereocenters. The van der Waals surface area contributed by atoms with E-state index in [1.54, 1.807) is 25.7 Å². The zero-order valence-electron chi connectivity index (χ0n) is 22.5. The van der Waals surface area contributed by atoms with Crippen molar-refractivity contribution in [1.82, 2.24) is 10.2 Å². The number of carbonyl (C=O) groups is 1. The number of nitrogens with zero attached hydrogens (tertiary/aromatic N) is 1. The van der Waals surface area contributed by atoms with Gasteiger partial charge in [0, 0.05) is 24.7 Å². The first-order valence-corrected chi connectivity index (χ1v) is 12.8. The molecule has 2 aromatic carbocycles. The van der Waals surface area contributed by atoms with E-state index < -0.39 is 58.9 Å². The number of halogens is 8. The minimum absolute atomic E-state index is 0.0772. The number of nitrogens with one attached hydrogen (secondary N) is 1. The Labute approximate surface area is 227 Å². The summed E-state index contributed by atoms with van der Waals surface area (Å²) in [5, 5.41) is 3.06. The third-order valence-electron chi connectivity index (χ3n) is 6.67. The average molecular weight is 581 g/mol. The van der Waals surface area contributed by atoms with Crippen LogP contribution in [-0.2, 0) is 30.1 Å². The molecule has 1 N–H and O–H groups in total. The monoisotopic (exact) mass is 580 g/mol. The Hall–Kier alpha value is -2.89. The van der Waals surface area contributed by atoms with Gasteiger partial charge in [-0.2, -0.15) is 26.3 Å². The lowest BCUT2D eigenvalue weighted by molar-refractivity contribution is -0.143. The smallest absolute Gasteiger partial charge is 0.416 e. The lowest BCUT2D eigenvalue weighted by Crippen LogP contribution is -2.57. The molecular formula is C28H32F8N2O2. The second kappa shape index (κ2) is 11.9. The minimum Gasteiger partial charge on any atom is -0.444 e. The molecule has 3 rings (SSSR count). The SMILES string of the molecule is CC[C@@H]1C[C@H](NCc2cc(C(F)(F)F)cc(C(F)(F)F)c2)C[C@H](Cc2ccc(F)c(F)c2)N1C(=O)OC(C)(C)C. The van der Waals surface area contributed by atoms with Crippen molar-refractivity contribution in [2.45, 2.75) is 96.0 Å². The molecule has 1 amide bonds. The number of alkyl halides is 6. The van der Waals surface area contributed by atoms with Crippen LogP contribution in [0.3, 0.4) is 0 Å². The van der Waals surface area contributed by atoms with Crippen LogP contribution in [0.25, 0.3) is 0 Å². The zero-order chi connectivity index (χ0) is 30.0. The van der Waals surface area contributed by atoms with Gasteiger partial charge in [0.15, 0.2) is 11.6 Å². The highest BCUT2D eigenvalue weighted by Crippen LogP contribution is 2.37. The largest absolute Gasteiger partial charge is 0.444 e. The summed E-state index contributed by atoms with van der Waals surface area (Å²) in [6.45, 7) is 6.66. The Morgan fingerprint density at radius 2 is 1.45 bits per heavy atom. The molecule has 0 aromatic heterocycles. The number of carbonyl (C=O) groups excluding carboxylic acids is 1. The number of likely N-dealkylation sites (tertiary alicyclic amines) is 1.